The molecule has 112 valence electrons. The lowest BCUT2D eigenvalue weighted by molar-refractivity contribution is -0.160. The summed E-state index contributed by atoms with van der Waals surface area (Å²) < 4.78 is 6.48. The molecule has 0 spiro atoms. The van der Waals surface area contributed by atoms with Crippen LogP contribution in [0.25, 0.3) is 0 Å². The molecule has 4 heteroatoms. The topological polar surface area (TPSA) is 46.5 Å². The van der Waals surface area contributed by atoms with Crippen molar-refractivity contribution < 1.29 is 14.6 Å². The predicted octanol–water partition coefficient (Wildman–Crippen LogP) is 3.94. The Bertz CT molecular complexity index is 443. The molecule has 2 atom stereocenters. The number of carbonyl (C=O) groups excluding carboxylic acids is 1. The van der Waals surface area contributed by atoms with Gasteiger partial charge in [0.2, 0.25) is 0 Å². The Balaban J connectivity index is 2.86. The van der Waals surface area contributed by atoms with E-state index < -0.39 is 12.2 Å². The van der Waals surface area contributed by atoms with Gasteiger partial charge in [0.15, 0.2) is 0 Å². The van der Waals surface area contributed by atoms with Crippen molar-refractivity contribution in [2.24, 2.45) is 11.8 Å². The summed E-state index contributed by atoms with van der Waals surface area (Å²) in [6, 6.07) is 7.62. The molecule has 0 amide bonds. The van der Waals surface area contributed by atoms with Gasteiger partial charge in [-0.1, -0.05) is 45.9 Å². The zero-order valence-corrected chi connectivity index (χ0v) is 14.6. The van der Waals surface area contributed by atoms with Gasteiger partial charge in [-0.15, -0.1) is 0 Å². The summed E-state index contributed by atoms with van der Waals surface area (Å²) in [6.07, 6.45) is -0.932. The van der Waals surface area contributed by atoms with E-state index in [1.165, 1.54) is 0 Å². The van der Waals surface area contributed by atoms with Gasteiger partial charge in [-0.25, -0.2) is 0 Å². The highest BCUT2D eigenvalue weighted by Crippen LogP contribution is 2.28. The maximum atomic E-state index is 11.9. The van der Waals surface area contributed by atoms with Crippen LogP contribution in [0, 0.1) is 15.4 Å². The first-order valence-corrected chi connectivity index (χ1v) is 8.02. The summed E-state index contributed by atoms with van der Waals surface area (Å²) >= 11 is 2.19. The Kier molecular flexibility index (Phi) is 6.95. The monoisotopic (exact) mass is 390 g/mol. The van der Waals surface area contributed by atoms with Crippen LogP contribution >= 0.6 is 22.6 Å². The van der Waals surface area contributed by atoms with E-state index in [4.69, 9.17) is 4.74 Å². The molecule has 3 nitrogen and oxygen atoms in total. The van der Waals surface area contributed by atoms with Crippen molar-refractivity contribution in [3.05, 3.63) is 33.4 Å². The van der Waals surface area contributed by atoms with Gasteiger partial charge in [0.25, 0.3) is 0 Å². The number of ether oxygens (including phenoxy) is 1. The molecule has 1 aromatic carbocycles. The average Bonchev–Trinajstić information content (AvgIpc) is 2.34. The number of aliphatic hydroxyl groups is 1. The van der Waals surface area contributed by atoms with Crippen LogP contribution in [0.1, 0.15) is 45.8 Å². The third kappa shape index (κ3) is 5.05. The van der Waals surface area contributed by atoms with Crippen LogP contribution in [-0.4, -0.2) is 17.2 Å². The second kappa shape index (κ2) is 7.98. The lowest BCUT2D eigenvalue weighted by atomic mass is 9.96. The summed E-state index contributed by atoms with van der Waals surface area (Å²) in [5, 5.41) is 10.5. The van der Waals surface area contributed by atoms with Crippen LogP contribution in [0.3, 0.4) is 0 Å². The molecule has 0 aliphatic heterocycles. The van der Waals surface area contributed by atoms with E-state index in [0.717, 1.165) is 9.13 Å². The minimum absolute atomic E-state index is 0.0529. The molecule has 1 aromatic rings. The zero-order valence-electron chi connectivity index (χ0n) is 12.5. The number of hydrogen-bond donors (Lipinski definition) is 1. The second-order valence-corrected chi connectivity index (χ2v) is 6.93. The summed E-state index contributed by atoms with van der Waals surface area (Å²) in [5.41, 5.74) is 0.809. The van der Waals surface area contributed by atoms with Gasteiger partial charge in [-0.2, -0.15) is 0 Å². The Morgan fingerprint density at radius 2 is 1.85 bits per heavy atom. The maximum Gasteiger partial charge on any atom is 0.306 e. The van der Waals surface area contributed by atoms with Crippen molar-refractivity contribution in [3.63, 3.8) is 0 Å². The number of rotatable bonds is 6. The van der Waals surface area contributed by atoms with Crippen LogP contribution in [0.2, 0.25) is 0 Å². The molecule has 1 N–H and O–H groups in total. The number of aliphatic hydroxyl groups excluding tert-OH is 1. The molecule has 0 aliphatic rings. The molecule has 0 heterocycles. The highest BCUT2D eigenvalue weighted by molar-refractivity contribution is 14.1. The molecule has 0 saturated carbocycles. The van der Waals surface area contributed by atoms with E-state index in [0.29, 0.717) is 6.42 Å². The Labute approximate surface area is 134 Å². The van der Waals surface area contributed by atoms with Gasteiger partial charge in [-0.3, -0.25) is 4.79 Å². The lowest BCUT2D eigenvalue weighted by Gasteiger charge is -2.27. The number of esters is 1. The smallest absolute Gasteiger partial charge is 0.306 e. The van der Waals surface area contributed by atoms with Crippen molar-refractivity contribution in [2.45, 2.75) is 46.3 Å². The van der Waals surface area contributed by atoms with Crippen LogP contribution in [0.5, 0.6) is 0 Å². The fraction of sp³-hybridized carbons (Fsp3) is 0.562. The zero-order chi connectivity index (χ0) is 15.3. The Morgan fingerprint density at radius 1 is 1.25 bits per heavy atom. The summed E-state index contributed by atoms with van der Waals surface area (Å²) in [7, 11) is 0. The molecular weight excluding hydrogens is 367 g/mol. The van der Waals surface area contributed by atoms with Crippen LogP contribution in [-0.2, 0) is 9.53 Å². The van der Waals surface area contributed by atoms with Crippen molar-refractivity contribution in [1.29, 1.82) is 0 Å². The highest BCUT2D eigenvalue weighted by atomic mass is 127. The van der Waals surface area contributed by atoms with Gasteiger partial charge in [-0.05, 0) is 46.1 Å². The van der Waals surface area contributed by atoms with E-state index in [1.54, 1.807) is 0 Å². The molecule has 0 radical (unpaired) electrons. The lowest BCUT2D eigenvalue weighted by Crippen LogP contribution is -2.31. The van der Waals surface area contributed by atoms with E-state index >= 15 is 0 Å². The molecule has 20 heavy (non-hydrogen) atoms. The van der Waals surface area contributed by atoms with Crippen molar-refractivity contribution in [1.82, 2.24) is 0 Å². The maximum absolute atomic E-state index is 11.9. The predicted molar refractivity (Wildman–Crippen MR) is 88.3 cm³/mol. The first-order valence-electron chi connectivity index (χ1n) is 6.95. The molecular formula is C16H23IO3. The van der Waals surface area contributed by atoms with Crippen molar-refractivity contribution >= 4 is 28.6 Å². The molecule has 0 aliphatic carbocycles. The van der Waals surface area contributed by atoms with E-state index in [2.05, 4.69) is 22.6 Å². The molecule has 0 saturated heterocycles. The van der Waals surface area contributed by atoms with Crippen LogP contribution in [0.4, 0.5) is 0 Å². The minimum Gasteiger partial charge on any atom is -0.459 e. The van der Waals surface area contributed by atoms with E-state index in [1.807, 2.05) is 52.0 Å². The summed E-state index contributed by atoms with van der Waals surface area (Å²) in [5.74, 6) is 0.0603. The first-order chi connectivity index (χ1) is 9.32. The molecule has 0 unspecified atom stereocenters. The van der Waals surface area contributed by atoms with Crippen LogP contribution in [0.15, 0.2) is 24.3 Å². The largest absolute Gasteiger partial charge is 0.459 e. The molecule has 0 fully saturated rings. The normalized spacial score (nSPS) is 14.4. The minimum atomic E-state index is -0.792. The average molecular weight is 390 g/mol. The fourth-order valence-electron chi connectivity index (χ4n) is 1.99. The van der Waals surface area contributed by atoms with Crippen molar-refractivity contribution in [2.75, 3.05) is 0 Å². The van der Waals surface area contributed by atoms with E-state index in [-0.39, 0.29) is 17.8 Å². The molecule has 1 rings (SSSR count). The quantitative estimate of drug-likeness (QED) is 0.591. The van der Waals surface area contributed by atoms with Gasteiger partial charge in [0.05, 0.1) is 0 Å². The number of halogens is 1. The highest BCUT2D eigenvalue weighted by Gasteiger charge is 2.29. The van der Waals surface area contributed by atoms with Gasteiger partial charge in [0.1, 0.15) is 12.2 Å². The number of benzene rings is 1. The van der Waals surface area contributed by atoms with Gasteiger partial charge in [0, 0.05) is 9.99 Å². The first kappa shape index (κ1) is 17.4. The second-order valence-electron chi connectivity index (χ2n) is 5.76. The third-order valence-electron chi connectivity index (χ3n) is 3.03. The number of carbonyl (C=O) groups is 1. The fourth-order valence-corrected chi connectivity index (χ4v) is 2.70. The summed E-state index contributed by atoms with van der Waals surface area (Å²) in [6.45, 7) is 7.85. The van der Waals surface area contributed by atoms with E-state index in [9.17, 15) is 9.90 Å². The SMILES string of the molecule is CC(C)CC(=O)O[C@@H](C(C)C)[C@@H](O)c1ccccc1I. The Morgan fingerprint density at radius 3 is 2.35 bits per heavy atom. The van der Waals surface area contributed by atoms with Crippen molar-refractivity contribution in [3.8, 4) is 0 Å². The molecule has 0 bridgehead atoms. The van der Waals surface area contributed by atoms with Gasteiger partial charge >= 0.3 is 5.97 Å². The summed E-state index contributed by atoms with van der Waals surface area (Å²) in [4.78, 5) is 11.9. The third-order valence-corrected chi connectivity index (χ3v) is 4.02. The number of hydrogen-bond acceptors (Lipinski definition) is 3. The van der Waals surface area contributed by atoms with Crippen LogP contribution < -0.4 is 0 Å². The molecule has 0 aromatic heterocycles. The standard InChI is InChI=1S/C16H23IO3/c1-10(2)9-14(18)20-16(11(3)4)15(19)12-7-5-6-8-13(12)17/h5-8,10-11,15-16,19H,9H2,1-4H3/t15-,16-/m0/s1. The van der Waals surface area contributed by atoms with Gasteiger partial charge < -0.3 is 9.84 Å². The Hall–Kier alpha value is -0.620.